The predicted molar refractivity (Wildman–Crippen MR) is 89.1 cm³/mol. The number of carbonyl (C=O) groups is 1. The molecule has 0 bridgehead atoms. The lowest BCUT2D eigenvalue weighted by Gasteiger charge is -2.23. The highest BCUT2D eigenvalue weighted by atomic mass is 35.5. The number of carbonyl (C=O) groups excluding carboxylic acids is 1. The number of anilines is 1. The SMILES string of the molecule is C[C@H]1Cc2ccccc2N1C(=O)COc1cccc(Cl)c1Cl. The van der Waals surface area contributed by atoms with Crippen LogP contribution in [0.3, 0.4) is 0 Å². The van der Waals surface area contributed by atoms with Crippen LogP contribution in [-0.2, 0) is 11.2 Å². The maximum absolute atomic E-state index is 12.5. The van der Waals surface area contributed by atoms with Crippen LogP contribution in [0.2, 0.25) is 10.0 Å². The number of para-hydroxylation sites is 1. The van der Waals surface area contributed by atoms with Crippen molar-refractivity contribution in [1.82, 2.24) is 0 Å². The Morgan fingerprint density at radius 2 is 2.00 bits per heavy atom. The zero-order chi connectivity index (χ0) is 15.7. The number of hydrogen-bond acceptors (Lipinski definition) is 2. The average Bonchev–Trinajstić information content (AvgIpc) is 2.84. The van der Waals surface area contributed by atoms with Gasteiger partial charge in [0.1, 0.15) is 10.8 Å². The number of hydrogen-bond donors (Lipinski definition) is 0. The molecular formula is C17H15Cl2NO2. The molecule has 0 radical (unpaired) electrons. The topological polar surface area (TPSA) is 29.5 Å². The zero-order valence-electron chi connectivity index (χ0n) is 12.1. The standard InChI is InChI=1S/C17H15Cl2NO2/c1-11-9-12-5-2-3-7-14(12)20(11)16(21)10-22-15-8-4-6-13(18)17(15)19/h2-8,11H,9-10H2,1H3/t11-/m0/s1. The third-order valence-corrected chi connectivity index (χ3v) is 4.54. The summed E-state index contributed by atoms with van der Waals surface area (Å²) in [4.78, 5) is 14.3. The van der Waals surface area contributed by atoms with Gasteiger partial charge in [-0.2, -0.15) is 0 Å². The summed E-state index contributed by atoms with van der Waals surface area (Å²) in [5.41, 5.74) is 2.14. The smallest absolute Gasteiger partial charge is 0.265 e. The van der Waals surface area contributed by atoms with Crippen molar-refractivity contribution >= 4 is 34.8 Å². The van der Waals surface area contributed by atoms with Crippen molar-refractivity contribution in [2.24, 2.45) is 0 Å². The normalized spacial score (nSPS) is 16.5. The Morgan fingerprint density at radius 1 is 1.23 bits per heavy atom. The molecule has 1 aliphatic heterocycles. The summed E-state index contributed by atoms with van der Waals surface area (Å²) in [7, 11) is 0. The molecule has 1 aliphatic rings. The summed E-state index contributed by atoms with van der Waals surface area (Å²) < 4.78 is 5.55. The molecule has 114 valence electrons. The summed E-state index contributed by atoms with van der Waals surface area (Å²) in [5, 5.41) is 0.735. The number of benzene rings is 2. The lowest BCUT2D eigenvalue weighted by Crippen LogP contribution is -2.39. The van der Waals surface area contributed by atoms with Crippen molar-refractivity contribution in [3.05, 3.63) is 58.1 Å². The summed E-state index contributed by atoms with van der Waals surface area (Å²) in [5.74, 6) is 0.330. The molecule has 0 spiro atoms. The third-order valence-electron chi connectivity index (χ3n) is 3.74. The lowest BCUT2D eigenvalue weighted by atomic mass is 10.1. The van der Waals surface area contributed by atoms with E-state index in [1.807, 2.05) is 31.2 Å². The van der Waals surface area contributed by atoms with Gasteiger partial charge in [0.2, 0.25) is 0 Å². The number of rotatable bonds is 3. The molecule has 3 nitrogen and oxygen atoms in total. The van der Waals surface area contributed by atoms with Gasteiger partial charge in [0.15, 0.2) is 6.61 Å². The zero-order valence-corrected chi connectivity index (χ0v) is 13.6. The van der Waals surface area contributed by atoms with Gasteiger partial charge in [-0.25, -0.2) is 0 Å². The summed E-state index contributed by atoms with van der Waals surface area (Å²) in [6, 6.07) is 13.2. The number of ether oxygens (including phenoxy) is 1. The Morgan fingerprint density at radius 3 is 2.82 bits per heavy atom. The van der Waals surface area contributed by atoms with Crippen LogP contribution in [-0.4, -0.2) is 18.6 Å². The van der Waals surface area contributed by atoms with Crippen molar-refractivity contribution in [1.29, 1.82) is 0 Å². The Hall–Kier alpha value is -1.71. The van der Waals surface area contributed by atoms with E-state index in [0.29, 0.717) is 15.8 Å². The van der Waals surface area contributed by atoms with Crippen molar-refractivity contribution < 1.29 is 9.53 Å². The molecule has 0 fully saturated rings. The highest BCUT2D eigenvalue weighted by Crippen LogP contribution is 2.33. The van der Waals surface area contributed by atoms with Crippen molar-refractivity contribution in [2.45, 2.75) is 19.4 Å². The summed E-state index contributed by atoms with van der Waals surface area (Å²) in [6.45, 7) is 1.96. The van der Waals surface area contributed by atoms with E-state index in [-0.39, 0.29) is 18.6 Å². The molecule has 0 aromatic heterocycles. The highest BCUT2D eigenvalue weighted by molar-refractivity contribution is 6.42. The molecule has 3 rings (SSSR count). The molecule has 2 aromatic carbocycles. The van der Waals surface area contributed by atoms with Gasteiger partial charge < -0.3 is 9.64 Å². The molecule has 0 saturated heterocycles. The third kappa shape index (κ3) is 2.79. The maximum atomic E-state index is 12.5. The molecule has 1 heterocycles. The van der Waals surface area contributed by atoms with Crippen molar-refractivity contribution in [2.75, 3.05) is 11.5 Å². The first-order valence-corrected chi connectivity index (χ1v) is 7.80. The van der Waals surface area contributed by atoms with Crippen LogP contribution >= 0.6 is 23.2 Å². The largest absolute Gasteiger partial charge is 0.482 e. The van der Waals surface area contributed by atoms with E-state index in [1.165, 1.54) is 5.56 Å². The fourth-order valence-corrected chi connectivity index (χ4v) is 3.10. The first kappa shape index (κ1) is 15.2. The highest BCUT2D eigenvalue weighted by Gasteiger charge is 2.30. The van der Waals surface area contributed by atoms with Gasteiger partial charge in [0.25, 0.3) is 5.91 Å². The molecule has 0 aliphatic carbocycles. The number of fused-ring (bicyclic) bond motifs is 1. The molecule has 22 heavy (non-hydrogen) atoms. The molecule has 1 amide bonds. The summed E-state index contributed by atoms with van der Waals surface area (Å²) in [6.07, 6.45) is 0.861. The number of nitrogens with zero attached hydrogens (tertiary/aromatic N) is 1. The van der Waals surface area contributed by atoms with Gasteiger partial charge in [0, 0.05) is 11.7 Å². The Balaban J connectivity index is 1.74. The Kier molecular flexibility index (Phi) is 4.27. The van der Waals surface area contributed by atoms with Gasteiger partial charge in [-0.05, 0) is 37.1 Å². The van der Waals surface area contributed by atoms with Gasteiger partial charge >= 0.3 is 0 Å². The summed E-state index contributed by atoms with van der Waals surface area (Å²) >= 11 is 12.0. The lowest BCUT2D eigenvalue weighted by molar-refractivity contribution is -0.120. The van der Waals surface area contributed by atoms with Crippen LogP contribution in [0.15, 0.2) is 42.5 Å². The molecular weight excluding hydrogens is 321 g/mol. The Bertz CT molecular complexity index is 718. The fraction of sp³-hybridized carbons (Fsp3) is 0.235. The van der Waals surface area contributed by atoms with Gasteiger partial charge in [-0.1, -0.05) is 47.5 Å². The van der Waals surface area contributed by atoms with E-state index in [1.54, 1.807) is 23.1 Å². The second-order valence-corrected chi connectivity index (χ2v) is 6.07. The van der Waals surface area contributed by atoms with Gasteiger partial charge in [0.05, 0.1) is 5.02 Å². The Labute approximate surface area is 139 Å². The monoisotopic (exact) mass is 335 g/mol. The maximum Gasteiger partial charge on any atom is 0.265 e. The van der Waals surface area contributed by atoms with Crippen molar-refractivity contribution in [3.8, 4) is 5.75 Å². The van der Waals surface area contributed by atoms with E-state index >= 15 is 0 Å². The minimum absolute atomic E-state index is 0.0707. The van der Waals surface area contributed by atoms with Crippen LogP contribution in [0, 0.1) is 0 Å². The van der Waals surface area contributed by atoms with Crippen molar-refractivity contribution in [3.63, 3.8) is 0 Å². The first-order chi connectivity index (χ1) is 10.6. The van der Waals surface area contributed by atoms with Crippen LogP contribution < -0.4 is 9.64 Å². The minimum atomic E-state index is -0.0894. The van der Waals surface area contributed by atoms with Crippen LogP contribution in [0.25, 0.3) is 0 Å². The second-order valence-electron chi connectivity index (χ2n) is 5.29. The number of halogens is 2. The van der Waals surface area contributed by atoms with E-state index in [2.05, 4.69) is 0 Å². The van der Waals surface area contributed by atoms with Crippen LogP contribution in [0.5, 0.6) is 5.75 Å². The average molecular weight is 336 g/mol. The van der Waals surface area contributed by atoms with E-state index < -0.39 is 0 Å². The molecule has 1 atom stereocenters. The predicted octanol–water partition coefficient (Wildman–Crippen LogP) is 4.35. The van der Waals surface area contributed by atoms with Gasteiger partial charge in [-0.3, -0.25) is 4.79 Å². The molecule has 0 saturated carbocycles. The van der Waals surface area contributed by atoms with E-state index in [4.69, 9.17) is 27.9 Å². The molecule has 0 N–H and O–H groups in total. The molecule has 0 unspecified atom stereocenters. The fourth-order valence-electron chi connectivity index (χ4n) is 2.75. The molecule has 2 aromatic rings. The molecule has 5 heteroatoms. The van der Waals surface area contributed by atoms with Gasteiger partial charge in [-0.15, -0.1) is 0 Å². The van der Waals surface area contributed by atoms with E-state index in [0.717, 1.165) is 12.1 Å². The first-order valence-electron chi connectivity index (χ1n) is 7.04. The van der Waals surface area contributed by atoms with Crippen LogP contribution in [0.1, 0.15) is 12.5 Å². The van der Waals surface area contributed by atoms with E-state index in [9.17, 15) is 4.79 Å². The number of amides is 1. The quantitative estimate of drug-likeness (QED) is 0.834. The van der Waals surface area contributed by atoms with Crippen LogP contribution in [0.4, 0.5) is 5.69 Å². The minimum Gasteiger partial charge on any atom is -0.482 e. The second kappa shape index (κ2) is 6.19.